The third kappa shape index (κ3) is 3.47. The molecule has 3 heteroatoms. The molecule has 1 aliphatic rings. The number of nitrogens with one attached hydrogen (secondary N) is 2. The monoisotopic (exact) mass is 180 g/mol. The number of amides is 1. The maximum absolute atomic E-state index is 10.9. The molecule has 1 saturated heterocycles. The van der Waals surface area contributed by atoms with Crippen LogP contribution in [-0.4, -0.2) is 24.5 Å². The first-order chi connectivity index (χ1) is 6.22. The van der Waals surface area contributed by atoms with Crippen molar-refractivity contribution in [3.8, 4) is 12.3 Å². The Morgan fingerprint density at radius 2 is 2.62 bits per heavy atom. The number of carbonyl (C=O) groups is 1. The van der Waals surface area contributed by atoms with Crippen LogP contribution in [0.15, 0.2) is 0 Å². The van der Waals surface area contributed by atoms with Gasteiger partial charge in [-0.3, -0.25) is 4.79 Å². The quantitative estimate of drug-likeness (QED) is 0.610. The molecule has 1 fully saturated rings. The molecule has 0 radical (unpaired) electrons. The maximum Gasteiger partial charge on any atom is 0.220 e. The molecule has 13 heavy (non-hydrogen) atoms. The Bertz CT molecular complexity index is 219. The molecule has 1 aliphatic heterocycles. The summed E-state index contributed by atoms with van der Waals surface area (Å²) in [5, 5.41) is 6.19. The highest BCUT2D eigenvalue weighted by Gasteiger charge is 2.20. The van der Waals surface area contributed by atoms with Gasteiger partial charge in [0.25, 0.3) is 0 Å². The molecule has 0 saturated carbocycles. The van der Waals surface area contributed by atoms with Crippen LogP contribution in [0.4, 0.5) is 0 Å². The van der Waals surface area contributed by atoms with Gasteiger partial charge in [-0.1, -0.05) is 0 Å². The van der Waals surface area contributed by atoms with Crippen molar-refractivity contribution < 1.29 is 4.79 Å². The third-order valence-electron chi connectivity index (χ3n) is 2.22. The second kappa shape index (κ2) is 4.88. The minimum Gasteiger partial charge on any atom is -0.352 e. The van der Waals surface area contributed by atoms with Gasteiger partial charge in [-0.15, -0.1) is 12.3 Å². The van der Waals surface area contributed by atoms with E-state index in [1.54, 1.807) is 0 Å². The van der Waals surface area contributed by atoms with E-state index in [1.165, 1.54) is 0 Å². The molecule has 2 unspecified atom stereocenters. The number of carbonyl (C=O) groups excluding carboxylic acids is 1. The first-order valence-corrected chi connectivity index (χ1v) is 4.68. The fraction of sp³-hybridized carbons (Fsp3) is 0.700. The lowest BCUT2D eigenvalue weighted by Gasteiger charge is -2.15. The molecule has 0 aromatic rings. The summed E-state index contributed by atoms with van der Waals surface area (Å²) in [5.41, 5.74) is 0. The van der Waals surface area contributed by atoms with Crippen molar-refractivity contribution >= 4 is 5.91 Å². The van der Waals surface area contributed by atoms with Gasteiger partial charge in [0, 0.05) is 31.5 Å². The Morgan fingerprint density at radius 3 is 3.15 bits per heavy atom. The Labute approximate surface area is 79.3 Å². The van der Waals surface area contributed by atoms with Crippen molar-refractivity contribution in [3.05, 3.63) is 0 Å². The summed E-state index contributed by atoms with van der Waals surface area (Å²) in [4.78, 5) is 10.9. The Balaban J connectivity index is 2.13. The van der Waals surface area contributed by atoms with Crippen LogP contribution in [0.1, 0.15) is 26.2 Å². The van der Waals surface area contributed by atoms with Crippen LogP contribution >= 0.6 is 0 Å². The molecule has 2 N–H and O–H groups in total. The average Bonchev–Trinajstić information content (AvgIpc) is 2.49. The SMILES string of the molecule is C#CCC(C)NCC1CCC(=O)N1. The molecule has 72 valence electrons. The van der Waals surface area contributed by atoms with E-state index in [9.17, 15) is 4.79 Å². The van der Waals surface area contributed by atoms with E-state index in [-0.39, 0.29) is 5.91 Å². The first kappa shape index (κ1) is 10.1. The summed E-state index contributed by atoms with van der Waals surface area (Å²) < 4.78 is 0. The summed E-state index contributed by atoms with van der Waals surface area (Å²) >= 11 is 0. The van der Waals surface area contributed by atoms with Gasteiger partial charge in [-0.25, -0.2) is 0 Å². The lowest BCUT2D eigenvalue weighted by atomic mass is 10.2. The van der Waals surface area contributed by atoms with Crippen LogP contribution in [0.5, 0.6) is 0 Å². The molecule has 0 aliphatic carbocycles. The van der Waals surface area contributed by atoms with Crippen LogP contribution in [-0.2, 0) is 4.79 Å². The summed E-state index contributed by atoms with van der Waals surface area (Å²) in [6.45, 7) is 2.88. The highest BCUT2D eigenvalue weighted by molar-refractivity contribution is 5.78. The molecule has 0 aromatic carbocycles. The van der Waals surface area contributed by atoms with Crippen LogP contribution in [0.25, 0.3) is 0 Å². The van der Waals surface area contributed by atoms with Gasteiger partial charge < -0.3 is 10.6 Å². The summed E-state index contributed by atoms with van der Waals surface area (Å²) in [6.07, 6.45) is 7.51. The number of terminal acetylenes is 1. The molecule has 1 rings (SSSR count). The van der Waals surface area contributed by atoms with Gasteiger partial charge in [0.1, 0.15) is 0 Å². The first-order valence-electron chi connectivity index (χ1n) is 4.68. The van der Waals surface area contributed by atoms with E-state index < -0.39 is 0 Å². The van der Waals surface area contributed by atoms with Crippen molar-refractivity contribution in [2.75, 3.05) is 6.54 Å². The largest absolute Gasteiger partial charge is 0.352 e. The number of rotatable bonds is 4. The van der Waals surface area contributed by atoms with Gasteiger partial charge in [0.2, 0.25) is 5.91 Å². The maximum atomic E-state index is 10.9. The van der Waals surface area contributed by atoms with Crippen molar-refractivity contribution in [2.24, 2.45) is 0 Å². The number of hydrogen-bond acceptors (Lipinski definition) is 2. The van der Waals surface area contributed by atoms with Crippen molar-refractivity contribution in [3.63, 3.8) is 0 Å². The van der Waals surface area contributed by atoms with Crippen LogP contribution in [0, 0.1) is 12.3 Å². The van der Waals surface area contributed by atoms with Crippen molar-refractivity contribution in [2.45, 2.75) is 38.3 Å². The topological polar surface area (TPSA) is 41.1 Å². The predicted octanol–water partition coefficient (Wildman–Crippen LogP) is 0.266. The van der Waals surface area contributed by atoms with E-state index in [0.29, 0.717) is 18.5 Å². The van der Waals surface area contributed by atoms with Gasteiger partial charge in [-0.2, -0.15) is 0 Å². The summed E-state index contributed by atoms with van der Waals surface area (Å²) in [6, 6.07) is 0.634. The molecule has 0 bridgehead atoms. The Morgan fingerprint density at radius 1 is 1.85 bits per heavy atom. The highest BCUT2D eigenvalue weighted by Crippen LogP contribution is 2.05. The highest BCUT2D eigenvalue weighted by atomic mass is 16.1. The molecule has 2 atom stereocenters. The van der Waals surface area contributed by atoms with E-state index in [1.807, 2.05) is 0 Å². The smallest absolute Gasteiger partial charge is 0.220 e. The number of hydrogen-bond donors (Lipinski definition) is 2. The molecule has 3 nitrogen and oxygen atoms in total. The molecular weight excluding hydrogens is 164 g/mol. The second-order valence-corrected chi connectivity index (χ2v) is 3.52. The molecular formula is C10H16N2O. The minimum absolute atomic E-state index is 0.163. The zero-order valence-electron chi connectivity index (χ0n) is 7.97. The van der Waals surface area contributed by atoms with Crippen LogP contribution < -0.4 is 10.6 Å². The molecule has 1 amide bonds. The summed E-state index contributed by atoms with van der Waals surface area (Å²) in [7, 11) is 0. The fourth-order valence-corrected chi connectivity index (χ4v) is 1.42. The zero-order valence-corrected chi connectivity index (χ0v) is 7.97. The summed E-state index contributed by atoms with van der Waals surface area (Å²) in [5.74, 6) is 2.77. The lowest BCUT2D eigenvalue weighted by Crippen LogP contribution is -2.39. The zero-order chi connectivity index (χ0) is 9.68. The minimum atomic E-state index is 0.163. The molecule has 0 spiro atoms. The van der Waals surface area contributed by atoms with E-state index >= 15 is 0 Å². The average molecular weight is 180 g/mol. The van der Waals surface area contributed by atoms with Crippen molar-refractivity contribution in [1.29, 1.82) is 0 Å². The van der Waals surface area contributed by atoms with Crippen LogP contribution in [0.2, 0.25) is 0 Å². The van der Waals surface area contributed by atoms with E-state index in [0.717, 1.165) is 19.4 Å². The Kier molecular flexibility index (Phi) is 3.78. The van der Waals surface area contributed by atoms with Gasteiger partial charge >= 0.3 is 0 Å². The predicted molar refractivity (Wildman–Crippen MR) is 52.1 cm³/mol. The van der Waals surface area contributed by atoms with Crippen molar-refractivity contribution in [1.82, 2.24) is 10.6 Å². The second-order valence-electron chi connectivity index (χ2n) is 3.52. The normalized spacial score (nSPS) is 23.7. The third-order valence-corrected chi connectivity index (χ3v) is 2.22. The van der Waals surface area contributed by atoms with Gasteiger partial charge in [-0.05, 0) is 13.3 Å². The van der Waals surface area contributed by atoms with E-state index in [2.05, 4.69) is 23.5 Å². The Hall–Kier alpha value is -1.01. The van der Waals surface area contributed by atoms with Crippen LogP contribution in [0.3, 0.4) is 0 Å². The van der Waals surface area contributed by atoms with Gasteiger partial charge in [0.05, 0.1) is 0 Å². The molecule has 1 heterocycles. The lowest BCUT2D eigenvalue weighted by molar-refractivity contribution is -0.119. The fourth-order valence-electron chi connectivity index (χ4n) is 1.42. The molecule has 0 aromatic heterocycles. The standard InChI is InChI=1S/C10H16N2O/c1-3-4-8(2)11-7-9-5-6-10(13)12-9/h1,8-9,11H,4-7H2,2H3,(H,12,13). The van der Waals surface area contributed by atoms with E-state index in [4.69, 9.17) is 6.42 Å². The van der Waals surface area contributed by atoms with Gasteiger partial charge in [0.15, 0.2) is 0 Å².